The maximum Gasteiger partial charge on any atom is 0.171 e. The number of hydrogen-bond acceptors (Lipinski definition) is 3. The topological polar surface area (TPSA) is 36.5 Å². The molecule has 1 heterocycles. The van der Waals surface area contributed by atoms with Crippen molar-refractivity contribution in [3.8, 4) is 5.75 Å². The van der Waals surface area contributed by atoms with Gasteiger partial charge in [-0.05, 0) is 74.7 Å². The van der Waals surface area contributed by atoms with Crippen molar-refractivity contribution in [2.45, 2.75) is 39.7 Å². The molecular weight excluding hydrogens is 366 g/mol. The standard InChI is InChI=1S/C23H31N3OS/c1-4-27-22-7-5-6-20(16-22)25-23(28)24-18(3)19-8-10-21(11-9-19)26-14-12-17(2)13-15-26/h5-11,16-18H,4,12-15H2,1-3H3,(H2,24,25,28). The van der Waals surface area contributed by atoms with Gasteiger partial charge in [-0.25, -0.2) is 0 Å². The van der Waals surface area contributed by atoms with Gasteiger partial charge >= 0.3 is 0 Å². The molecule has 1 saturated heterocycles. The van der Waals surface area contributed by atoms with Gasteiger partial charge < -0.3 is 20.3 Å². The van der Waals surface area contributed by atoms with E-state index in [-0.39, 0.29) is 6.04 Å². The zero-order valence-corrected chi connectivity index (χ0v) is 17.9. The van der Waals surface area contributed by atoms with Crippen LogP contribution in [0, 0.1) is 5.92 Å². The molecule has 0 aliphatic carbocycles. The number of anilines is 2. The summed E-state index contributed by atoms with van der Waals surface area (Å²) in [5.74, 6) is 1.69. The smallest absolute Gasteiger partial charge is 0.171 e. The van der Waals surface area contributed by atoms with E-state index in [1.54, 1.807) is 0 Å². The first-order valence-corrected chi connectivity index (χ1v) is 10.6. The lowest BCUT2D eigenvalue weighted by Gasteiger charge is -2.32. The van der Waals surface area contributed by atoms with E-state index in [0.29, 0.717) is 11.7 Å². The summed E-state index contributed by atoms with van der Waals surface area (Å²) in [4.78, 5) is 2.49. The van der Waals surface area contributed by atoms with Gasteiger partial charge in [0.2, 0.25) is 0 Å². The van der Waals surface area contributed by atoms with E-state index in [2.05, 4.69) is 53.6 Å². The van der Waals surface area contributed by atoms with Crippen LogP contribution < -0.4 is 20.3 Å². The molecule has 28 heavy (non-hydrogen) atoms. The van der Waals surface area contributed by atoms with Crippen LogP contribution in [0.3, 0.4) is 0 Å². The number of rotatable bonds is 6. The number of benzene rings is 2. The fraction of sp³-hybridized carbons (Fsp3) is 0.435. The second-order valence-electron chi connectivity index (χ2n) is 7.54. The molecule has 0 saturated carbocycles. The summed E-state index contributed by atoms with van der Waals surface area (Å²) >= 11 is 5.49. The van der Waals surface area contributed by atoms with Crippen molar-refractivity contribution < 1.29 is 4.74 Å². The minimum absolute atomic E-state index is 0.130. The molecule has 150 valence electrons. The van der Waals surface area contributed by atoms with Crippen LogP contribution in [-0.4, -0.2) is 24.8 Å². The zero-order valence-electron chi connectivity index (χ0n) is 17.1. The fourth-order valence-electron chi connectivity index (χ4n) is 3.52. The van der Waals surface area contributed by atoms with Crippen molar-refractivity contribution in [3.63, 3.8) is 0 Å². The molecule has 1 unspecified atom stereocenters. The minimum Gasteiger partial charge on any atom is -0.494 e. The Balaban J connectivity index is 1.54. The maximum atomic E-state index is 5.54. The normalized spacial score (nSPS) is 15.8. The highest BCUT2D eigenvalue weighted by Gasteiger charge is 2.16. The van der Waals surface area contributed by atoms with Gasteiger partial charge in [-0.15, -0.1) is 0 Å². The van der Waals surface area contributed by atoms with Crippen molar-refractivity contribution in [2.24, 2.45) is 5.92 Å². The molecule has 0 spiro atoms. The fourth-order valence-corrected chi connectivity index (χ4v) is 3.81. The Bertz CT molecular complexity index is 770. The van der Waals surface area contributed by atoms with E-state index < -0.39 is 0 Å². The SMILES string of the molecule is CCOc1cccc(NC(=S)NC(C)c2ccc(N3CCC(C)CC3)cc2)c1. The average Bonchev–Trinajstić information content (AvgIpc) is 2.69. The number of ether oxygens (including phenoxy) is 1. The Morgan fingerprint density at radius 3 is 2.57 bits per heavy atom. The molecule has 4 nitrogen and oxygen atoms in total. The van der Waals surface area contributed by atoms with Gasteiger partial charge in [-0.1, -0.05) is 25.1 Å². The largest absolute Gasteiger partial charge is 0.494 e. The highest BCUT2D eigenvalue weighted by molar-refractivity contribution is 7.80. The van der Waals surface area contributed by atoms with Gasteiger partial charge in [0.05, 0.1) is 12.6 Å². The highest BCUT2D eigenvalue weighted by atomic mass is 32.1. The monoisotopic (exact) mass is 397 g/mol. The number of thiocarbonyl (C=S) groups is 1. The Morgan fingerprint density at radius 2 is 1.89 bits per heavy atom. The summed E-state index contributed by atoms with van der Waals surface area (Å²) in [6.07, 6.45) is 2.56. The minimum atomic E-state index is 0.130. The first-order valence-electron chi connectivity index (χ1n) is 10.2. The highest BCUT2D eigenvalue weighted by Crippen LogP contribution is 2.25. The molecular formula is C23H31N3OS. The Kier molecular flexibility index (Phi) is 7.15. The molecule has 1 aliphatic heterocycles. The van der Waals surface area contributed by atoms with E-state index in [0.717, 1.165) is 30.4 Å². The summed E-state index contributed by atoms with van der Waals surface area (Å²) in [6, 6.07) is 16.8. The first-order chi connectivity index (χ1) is 13.5. The molecule has 2 aromatic carbocycles. The predicted octanol–water partition coefficient (Wildman–Crippen LogP) is 5.37. The average molecular weight is 398 g/mol. The van der Waals surface area contributed by atoms with Gasteiger partial charge in [0.15, 0.2) is 5.11 Å². The van der Waals surface area contributed by atoms with Crippen LogP contribution in [-0.2, 0) is 0 Å². The summed E-state index contributed by atoms with van der Waals surface area (Å²) in [5, 5.41) is 7.21. The molecule has 0 amide bonds. The number of nitrogens with zero attached hydrogens (tertiary/aromatic N) is 1. The molecule has 2 N–H and O–H groups in total. The van der Waals surface area contributed by atoms with Crippen LogP contribution in [0.4, 0.5) is 11.4 Å². The quantitative estimate of drug-likeness (QED) is 0.641. The summed E-state index contributed by atoms with van der Waals surface area (Å²) in [6.45, 7) is 9.41. The summed E-state index contributed by atoms with van der Waals surface area (Å²) < 4.78 is 5.54. The van der Waals surface area contributed by atoms with Crippen LogP contribution >= 0.6 is 12.2 Å². The molecule has 0 radical (unpaired) electrons. The third-order valence-corrected chi connectivity index (χ3v) is 5.51. The summed E-state index contributed by atoms with van der Waals surface area (Å²) in [5.41, 5.74) is 3.46. The van der Waals surface area contributed by atoms with Crippen molar-refractivity contribution in [1.82, 2.24) is 5.32 Å². The molecule has 1 fully saturated rings. The molecule has 0 aromatic heterocycles. The Labute approximate surface area is 174 Å². The van der Waals surface area contributed by atoms with Gasteiger partial charge in [0.25, 0.3) is 0 Å². The van der Waals surface area contributed by atoms with Gasteiger partial charge in [0.1, 0.15) is 5.75 Å². The number of hydrogen-bond donors (Lipinski definition) is 2. The number of nitrogens with one attached hydrogen (secondary N) is 2. The number of piperidine rings is 1. The Morgan fingerprint density at radius 1 is 1.18 bits per heavy atom. The van der Waals surface area contributed by atoms with Crippen molar-refractivity contribution in [2.75, 3.05) is 29.9 Å². The first kappa shape index (κ1) is 20.5. The van der Waals surface area contributed by atoms with E-state index in [1.165, 1.54) is 24.1 Å². The van der Waals surface area contributed by atoms with Gasteiger partial charge in [-0.3, -0.25) is 0 Å². The van der Waals surface area contributed by atoms with Gasteiger partial charge in [0, 0.05) is 30.5 Å². The van der Waals surface area contributed by atoms with Crippen molar-refractivity contribution in [3.05, 3.63) is 54.1 Å². The molecule has 2 aromatic rings. The Hall–Kier alpha value is -2.27. The van der Waals surface area contributed by atoms with E-state index in [9.17, 15) is 0 Å². The predicted molar refractivity (Wildman–Crippen MR) is 122 cm³/mol. The zero-order chi connectivity index (χ0) is 19.9. The van der Waals surface area contributed by atoms with E-state index in [4.69, 9.17) is 17.0 Å². The van der Waals surface area contributed by atoms with Crippen molar-refractivity contribution >= 4 is 28.7 Å². The second-order valence-corrected chi connectivity index (χ2v) is 7.95. The lowest BCUT2D eigenvalue weighted by Crippen LogP contribution is -2.33. The van der Waals surface area contributed by atoms with E-state index >= 15 is 0 Å². The van der Waals surface area contributed by atoms with Crippen LogP contribution in [0.25, 0.3) is 0 Å². The lowest BCUT2D eigenvalue weighted by molar-refractivity contribution is 0.340. The van der Waals surface area contributed by atoms with Crippen LogP contribution in [0.2, 0.25) is 0 Å². The van der Waals surface area contributed by atoms with Crippen LogP contribution in [0.15, 0.2) is 48.5 Å². The third kappa shape index (κ3) is 5.61. The lowest BCUT2D eigenvalue weighted by atomic mass is 9.98. The molecule has 3 rings (SSSR count). The van der Waals surface area contributed by atoms with Gasteiger partial charge in [-0.2, -0.15) is 0 Å². The van der Waals surface area contributed by atoms with Crippen LogP contribution in [0.1, 0.15) is 45.2 Å². The molecule has 1 aliphatic rings. The summed E-state index contributed by atoms with van der Waals surface area (Å²) in [7, 11) is 0. The molecule has 5 heteroatoms. The second kappa shape index (κ2) is 9.78. The van der Waals surface area contributed by atoms with Crippen molar-refractivity contribution in [1.29, 1.82) is 0 Å². The third-order valence-electron chi connectivity index (χ3n) is 5.29. The molecule has 1 atom stereocenters. The van der Waals surface area contributed by atoms with E-state index in [1.807, 2.05) is 31.2 Å². The maximum absolute atomic E-state index is 5.54. The molecule has 0 bridgehead atoms. The van der Waals surface area contributed by atoms with Crippen LogP contribution in [0.5, 0.6) is 5.75 Å².